The molecule has 4 rings (SSSR count). The number of anilines is 2. The molecule has 2 heterocycles. The first-order valence-corrected chi connectivity index (χ1v) is 8.38. The minimum Gasteiger partial charge on any atom is -0.454 e. The third-order valence-corrected chi connectivity index (χ3v) is 4.50. The summed E-state index contributed by atoms with van der Waals surface area (Å²) in [6, 6.07) is 14.8. The molecule has 0 aliphatic carbocycles. The van der Waals surface area contributed by atoms with Gasteiger partial charge in [0.25, 0.3) is 0 Å². The fourth-order valence-electron chi connectivity index (χ4n) is 3.13. The van der Waals surface area contributed by atoms with Crippen molar-refractivity contribution in [3.05, 3.63) is 48.0 Å². The molecule has 5 heteroatoms. The molecule has 1 unspecified atom stereocenters. The van der Waals surface area contributed by atoms with Crippen LogP contribution in [0.4, 0.5) is 11.4 Å². The number of nitrogens with zero attached hydrogens (tertiary/aromatic N) is 1. The van der Waals surface area contributed by atoms with Crippen molar-refractivity contribution in [2.75, 3.05) is 43.3 Å². The first-order chi connectivity index (χ1) is 11.8. The monoisotopic (exact) mass is 326 g/mol. The average Bonchev–Trinajstić information content (AvgIpc) is 3.10. The van der Waals surface area contributed by atoms with Gasteiger partial charge in [-0.2, -0.15) is 0 Å². The van der Waals surface area contributed by atoms with Gasteiger partial charge in [0, 0.05) is 30.5 Å². The zero-order chi connectivity index (χ0) is 16.4. The molecule has 2 aromatic rings. The van der Waals surface area contributed by atoms with Crippen LogP contribution in [0.5, 0.6) is 11.5 Å². The first-order valence-electron chi connectivity index (χ1n) is 8.38. The highest BCUT2D eigenvalue weighted by Gasteiger charge is 2.16. The molecule has 24 heavy (non-hydrogen) atoms. The third kappa shape index (κ3) is 3.12. The summed E-state index contributed by atoms with van der Waals surface area (Å²) >= 11 is 0. The van der Waals surface area contributed by atoms with Gasteiger partial charge in [0.15, 0.2) is 11.5 Å². The van der Waals surface area contributed by atoms with Crippen molar-refractivity contribution in [2.24, 2.45) is 0 Å². The standard InChI is InChI=1S/C19H22N2O3/c1-14(15-5-6-18-19(11-15)24-13-23-18)20-16-3-2-4-17(12-16)21-7-9-22-10-8-21/h2-6,11-12,14,20H,7-10,13H2,1H3. The van der Waals surface area contributed by atoms with Crippen molar-refractivity contribution >= 4 is 11.4 Å². The van der Waals surface area contributed by atoms with E-state index in [4.69, 9.17) is 14.2 Å². The summed E-state index contributed by atoms with van der Waals surface area (Å²) in [5, 5.41) is 3.57. The van der Waals surface area contributed by atoms with Gasteiger partial charge in [0.1, 0.15) is 0 Å². The van der Waals surface area contributed by atoms with Crippen LogP contribution in [0.1, 0.15) is 18.5 Å². The fourth-order valence-corrected chi connectivity index (χ4v) is 3.13. The maximum absolute atomic E-state index is 5.47. The van der Waals surface area contributed by atoms with Gasteiger partial charge in [-0.15, -0.1) is 0 Å². The van der Waals surface area contributed by atoms with E-state index in [1.165, 1.54) is 11.3 Å². The molecule has 5 nitrogen and oxygen atoms in total. The number of rotatable bonds is 4. The van der Waals surface area contributed by atoms with Gasteiger partial charge in [0.05, 0.1) is 13.2 Å². The van der Waals surface area contributed by atoms with Crippen molar-refractivity contribution < 1.29 is 14.2 Å². The second kappa shape index (κ2) is 6.61. The zero-order valence-electron chi connectivity index (χ0n) is 13.8. The van der Waals surface area contributed by atoms with E-state index in [1.54, 1.807) is 0 Å². The van der Waals surface area contributed by atoms with Crippen LogP contribution in [0.25, 0.3) is 0 Å². The highest BCUT2D eigenvalue weighted by molar-refractivity contribution is 5.59. The van der Waals surface area contributed by atoms with E-state index >= 15 is 0 Å². The Kier molecular flexibility index (Phi) is 4.17. The molecule has 1 N–H and O–H groups in total. The molecular weight excluding hydrogens is 304 g/mol. The van der Waals surface area contributed by atoms with Gasteiger partial charge in [-0.3, -0.25) is 0 Å². The van der Waals surface area contributed by atoms with E-state index < -0.39 is 0 Å². The number of fused-ring (bicyclic) bond motifs is 1. The lowest BCUT2D eigenvalue weighted by Gasteiger charge is -2.29. The Morgan fingerprint density at radius 1 is 1.00 bits per heavy atom. The normalized spacial score (nSPS) is 17.6. The second-order valence-corrected chi connectivity index (χ2v) is 6.13. The van der Waals surface area contributed by atoms with Crippen molar-refractivity contribution in [3.63, 3.8) is 0 Å². The smallest absolute Gasteiger partial charge is 0.231 e. The number of morpholine rings is 1. The molecule has 0 aromatic heterocycles. The van der Waals surface area contributed by atoms with Gasteiger partial charge < -0.3 is 24.4 Å². The zero-order valence-corrected chi connectivity index (χ0v) is 13.8. The maximum Gasteiger partial charge on any atom is 0.231 e. The molecule has 2 aliphatic rings. The average molecular weight is 326 g/mol. The number of hydrogen-bond acceptors (Lipinski definition) is 5. The quantitative estimate of drug-likeness (QED) is 0.932. The van der Waals surface area contributed by atoms with Crippen molar-refractivity contribution in [3.8, 4) is 11.5 Å². The molecule has 126 valence electrons. The van der Waals surface area contributed by atoms with E-state index in [9.17, 15) is 0 Å². The van der Waals surface area contributed by atoms with Crippen molar-refractivity contribution in [2.45, 2.75) is 13.0 Å². The fraction of sp³-hybridized carbons (Fsp3) is 0.368. The molecule has 0 radical (unpaired) electrons. The van der Waals surface area contributed by atoms with E-state index in [-0.39, 0.29) is 6.04 Å². The van der Waals surface area contributed by atoms with Crippen LogP contribution in [-0.4, -0.2) is 33.1 Å². The molecule has 2 aliphatic heterocycles. The lowest BCUT2D eigenvalue weighted by atomic mass is 10.1. The summed E-state index contributed by atoms with van der Waals surface area (Å²) in [5.74, 6) is 1.64. The molecule has 1 atom stereocenters. The minimum atomic E-state index is 0.180. The molecule has 1 fully saturated rings. The molecule has 2 aromatic carbocycles. The van der Waals surface area contributed by atoms with E-state index in [0.29, 0.717) is 6.79 Å². The summed E-state index contributed by atoms with van der Waals surface area (Å²) in [7, 11) is 0. The Morgan fingerprint density at radius 3 is 2.71 bits per heavy atom. The van der Waals surface area contributed by atoms with Gasteiger partial charge >= 0.3 is 0 Å². The van der Waals surface area contributed by atoms with Crippen molar-refractivity contribution in [1.29, 1.82) is 0 Å². The van der Waals surface area contributed by atoms with E-state index in [1.807, 2.05) is 12.1 Å². The Morgan fingerprint density at radius 2 is 1.83 bits per heavy atom. The van der Waals surface area contributed by atoms with E-state index in [0.717, 1.165) is 43.5 Å². The summed E-state index contributed by atoms with van der Waals surface area (Å²) in [5.41, 5.74) is 3.53. The minimum absolute atomic E-state index is 0.180. The Labute approximate surface area is 142 Å². The van der Waals surface area contributed by atoms with Crippen LogP contribution in [0.2, 0.25) is 0 Å². The van der Waals surface area contributed by atoms with Gasteiger partial charge in [0.2, 0.25) is 6.79 Å². The Bertz CT molecular complexity index is 714. The molecule has 0 amide bonds. The third-order valence-electron chi connectivity index (χ3n) is 4.50. The molecule has 0 bridgehead atoms. The van der Waals surface area contributed by atoms with Crippen molar-refractivity contribution in [1.82, 2.24) is 0 Å². The molecule has 1 saturated heterocycles. The van der Waals surface area contributed by atoms with Gasteiger partial charge in [-0.25, -0.2) is 0 Å². The SMILES string of the molecule is CC(Nc1cccc(N2CCOCC2)c1)c1ccc2c(c1)OCO2. The maximum atomic E-state index is 5.47. The number of ether oxygens (including phenoxy) is 3. The lowest BCUT2D eigenvalue weighted by Crippen LogP contribution is -2.36. The predicted octanol–water partition coefficient (Wildman–Crippen LogP) is 3.43. The number of hydrogen-bond donors (Lipinski definition) is 1. The summed E-state index contributed by atoms with van der Waals surface area (Å²) < 4.78 is 16.3. The number of benzene rings is 2. The van der Waals surface area contributed by atoms with Crippen LogP contribution < -0.4 is 19.7 Å². The van der Waals surface area contributed by atoms with Crippen LogP contribution in [0.15, 0.2) is 42.5 Å². The van der Waals surface area contributed by atoms with Crippen LogP contribution in [0, 0.1) is 0 Å². The van der Waals surface area contributed by atoms with Crippen LogP contribution >= 0.6 is 0 Å². The van der Waals surface area contributed by atoms with Crippen LogP contribution in [-0.2, 0) is 4.74 Å². The summed E-state index contributed by atoms with van der Waals surface area (Å²) in [6.45, 7) is 5.94. The molecule has 0 spiro atoms. The number of nitrogens with one attached hydrogen (secondary N) is 1. The molecule has 0 saturated carbocycles. The van der Waals surface area contributed by atoms with Gasteiger partial charge in [-0.1, -0.05) is 12.1 Å². The van der Waals surface area contributed by atoms with Gasteiger partial charge in [-0.05, 0) is 42.8 Å². The highest BCUT2D eigenvalue weighted by Crippen LogP contribution is 2.35. The highest BCUT2D eigenvalue weighted by atomic mass is 16.7. The second-order valence-electron chi connectivity index (χ2n) is 6.13. The summed E-state index contributed by atoms with van der Waals surface area (Å²) in [4.78, 5) is 2.36. The largest absolute Gasteiger partial charge is 0.454 e. The Hall–Kier alpha value is -2.40. The van der Waals surface area contributed by atoms with Crippen LogP contribution in [0.3, 0.4) is 0 Å². The summed E-state index contributed by atoms with van der Waals surface area (Å²) in [6.07, 6.45) is 0. The van der Waals surface area contributed by atoms with E-state index in [2.05, 4.69) is 47.5 Å². The topological polar surface area (TPSA) is 43.0 Å². The predicted molar refractivity (Wildman–Crippen MR) is 94.1 cm³/mol. The first kappa shape index (κ1) is 15.1. The lowest BCUT2D eigenvalue weighted by molar-refractivity contribution is 0.122. The Balaban J connectivity index is 1.48. The molecular formula is C19H22N2O3.